The molecule has 2 fully saturated rings. The number of ether oxygens (including phenoxy) is 1. The van der Waals surface area contributed by atoms with E-state index in [1.165, 1.54) is 6.42 Å². The SMILES string of the molecule is O=C(Nc1ccc(N2CCCCC2)c(C(=O)NCC2CCCO2)c1)c1cccc(Cl)c1. The zero-order valence-corrected chi connectivity index (χ0v) is 18.3. The molecule has 2 amide bonds. The summed E-state index contributed by atoms with van der Waals surface area (Å²) in [6.45, 7) is 3.11. The van der Waals surface area contributed by atoms with Crippen molar-refractivity contribution in [3.63, 3.8) is 0 Å². The summed E-state index contributed by atoms with van der Waals surface area (Å²) >= 11 is 6.01. The summed E-state index contributed by atoms with van der Waals surface area (Å²) in [5.74, 6) is -0.408. The van der Waals surface area contributed by atoms with E-state index in [1.54, 1.807) is 30.3 Å². The molecule has 2 saturated heterocycles. The maximum atomic E-state index is 13.1. The standard InChI is InChI=1S/C24H28ClN3O3/c25-18-7-4-6-17(14-18)23(29)27-19-9-10-22(28-11-2-1-3-12-28)21(15-19)24(30)26-16-20-8-5-13-31-20/h4,6-7,9-10,14-15,20H,1-3,5,8,11-13,16H2,(H,26,30)(H,27,29). The van der Waals surface area contributed by atoms with Gasteiger partial charge < -0.3 is 20.3 Å². The molecule has 1 atom stereocenters. The Balaban J connectivity index is 1.54. The summed E-state index contributed by atoms with van der Waals surface area (Å²) < 4.78 is 5.63. The highest BCUT2D eigenvalue weighted by Gasteiger charge is 2.22. The van der Waals surface area contributed by atoms with Gasteiger partial charge in [0.1, 0.15) is 0 Å². The number of anilines is 2. The van der Waals surface area contributed by atoms with E-state index in [-0.39, 0.29) is 17.9 Å². The van der Waals surface area contributed by atoms with E-state index in [4.69, 9.17) is 16.3 Å². The maximum Gasteiger partial charge on any atom is 0.255 e. The predicted molar refractivity (Wildman–Crippen MR) is 123 cm³/mol. The van der Waals surface area contributed by atoms with E-state index >= 15 is 0 Å². The molecule has 2 aliphatic rings. The summed E-state index contributed by atoms with van der Waals surface area (Å²) in [5.41, 5.74) is 2.53. The second kappa shape index (κ2) is 10.2. The van der Waals surface area contributed by atoms with Crippen LogP contribution in [-0.4, -0.2) is 44.2 Å². The van der Waals surface area contributed by atoms with Crippen LogP contribution < -0.4 is 15.5 Å². The summed E-state index contributed by atoms with van der Waals surface area (Å²) in [6.07, 6.45) is 5.52. The third-order valence-electron chi connectivity index (χ3n) is 5.80. The van der Waals surface area contributed by atoms with Crippen molar-refractivity contribution in [3.8, 4) is 0 Å². The number of hydrogen-bond donors (Lipinski definition) is 2. The fourth-order valence-electron chi connectivity index (χ4n) is 4.15. The van der Waals surface area contributed by atoms with Crippen molar-refractivity contribution in [2.75, 3.05) is 36.5 Å². The number of nitrogens with zero attached hydrogens (tertiary/aromatic N) is 1. The Hall–Kier alpha value is -2.57. The van der Waals surface area contributed by atoms with E-state index in [9.17, 15) is 9.59 Å². The molecule has 6 nitrogen and oxygen atoms in total. The number of hydrogen-bond acceptors (Lipinski definition) is 4. The molecule has 0 aromatic heterocycles. The number of carbonyl (C=O) groups is 2. The van der Waals surface area contributed by atoms with Crippen molar-refractivity contribution in [1.29, 1.82) is 0 Å². The van der Waals surface area contributed by atoms with E-state index in [0.29, 0.717) is 28.4 Å². The van der Waals surface area contributed by atoms with E-state index in [0.717, 1.165) is 51.1 Å². The fourth-order valence-corrected chi connectivity index (χ4v) is 4.34. The van der Waals surface area contributed by atoms with Crippen LogP contribution >= 0.6 is 11.6 Å². The first-order valence-electron chi connectivity index (χ1n) is 11.0. The number of amides is 2. The normalized spacial score (nSPS) is 18.6. The first-order chi connectivity index (χ1) is 15.1. The zero-order chi connectivity index (χ0) is 21.6. The van der Waals surface area contributed by atoms with E-state index < -0.39 is 0 Å². The van der Waals surface area contributed by atoms with Crippen LogP contribution in [-0.2, 0) is 4.74 Å². The minimum atomic E-state index is -0.265. The molecule has 0 saturated carbocycles. The van der Waals surface area contributed by atoms with Gasteiger partial charge in [0.05, 0.1) is 11.7 Å². The minimum Gasteiger partial charge on any atom is -0.376 e. The maximum absolute atomic E-state index is 13.1. The molecule has 2 N–H and O–H groups in total. The Kier molecular flexibility index (Phi) is 7.10. The van der Waals surface area contributed by atoms with Gasteiger partial charge >= 0.3 is 0 Å². The first-order valence-corrected chi connectivity index (χ1v) is 11.3. The topological polar surface area (TPSA) is 70.7 Å². The van der Waals surface area contributed by atoms with Crippen molar-refractivity contribution in [1.82, 2.24) is 5.32 Å². The highest BCUT2D eigenvalue weighted by atomic mass is 35.5. The van der Waals surface area contributed by atoms with Crippen LogP contribution in [0.4, 0.5) is 11.4 Å². The van der Waals surface area contributed by atoms with Crippen molar-refractivity contribution >= 4 is 34.8 Å². The quantitative estimate of drug-likeness (QED) is 0.692. The largest absolute Gasteiger partial charge is 0.376 e. The fraction of sp³-hybridized carbons (Fsp3) is 0.417. The molecule has 31 heavy (non-hydrogen) atoms. The van der Waals surface area contributed by atoms with Gasteiger partial charge in [0.25, 0.3) is 11.8 Å². The second-order valence-electron chi connectivity index (χ2n) is 8.09. The lowest BCUT2D eigenvalue weighted by molar-refractivity contribution is 0.0858. The molecule has 4 rings (SSSR count). The minimum absolute atomic E-state index is 0.0769. The van der Waals surface area contributed by atoms with Crippen molar-refractivity contribution < 1.29 is 14.3 Å². The van der Waals surface area contributed by atoms with E-state index in [1.807, 2.05) is 12.1 Å². The number of nitrogens with one attached hydrogen (secondary N) is 2. The Morgan fingerprint density at radius 1 is 1.03 bits per heavy atom. The van der Waals surface area contributed by atoms with Gasteiger partial charge in [0, 0.05) is 48.2 Å². The van der Waals surface area contributed by atoms with Crippen molar-refractivity contribution in [2.45, 2.75) is 38.2 Å². The zero-order valence-electron chi connectivity index (χ0n) is 17.5. The lowest BCUT2D eigenvalue weighted by Gasteiger charge is -2.30. The van der Waals surface area contributed by atoms with Crippen LogP contribution in [0.1, 0.15) is 52.8 Å². The molecule has 0 aliphatic carbocycles. The molecule has 1 unspecified atom stereocenters. The Labute approximate surface area is 187 Å². The third kappa shape index (κ3) is 5.57. The molecular weight excluding hydrogens is 414 g/mol. The highest BCUT2D eigenvalue weighted by molar-refractivity contribution is 6.31. The van der Waals surface area contributed by atoms with Crippen LogP contribution in [0.15, 0.2) is 42.5 Å². The van der Waals surface area contributed by atoms with E-state index in [2.05, 4.69) is 15.5 Å². The van der Waals surface area contributed by atoms with Crippen LogP contribution in [0.25, 0.3) is 0 Å². The van der Waals surface area contributed by atoms with Crippen LogP contribution in [0.3, 0.4) is 0 Å². The average Bonchev–Trinajstić information content (AvgIpc) is 3.32. The lowest BCUT2D eigenvalue weighted by atomic mass is 10.1. The van der Waals surface area contributed by atoms with Crippen LogP contribution in [0, 0.1) is 0 Å². The summed E-state index contributed by atoms with van der Waals surface area (Å²) in [7, 11) is 0. The summed E-state index contributed by atoms with van der Waals surface area (Å²) in [5, 5.41) is 6.41. The monoisotopic (exact) mass is 441 g/mol. The van der Waals surface area contributed by atoms with Gasteiger partial charge in [0.15, 0.2) is 0 Å². The number of halogens is 1. The van der Waals surface area contributed by atoms with Gasteiger partial charge in [0.2, 0.25) is 0 Å². The molecule has 2 aliphatic heterocycles. The highest BCUT2D eigenvalue weighted by Crippen LogP contribution is 2.28. The number of piperidine rings is 1. The van der Waals surface area contributed by atoms with Gasteiger partial charge in [-0.1, -0.05) is 17.7 Å². The Morgan fingerprint density at radius 2 is 1.87 bits per heavy atom. The number of rotatable bonds is 6. The Morgan fingerprint density at radius 3 is 2.61 bits per heavy atom. The van der Waals surface area contributed by atoms with Crippen LogP contribution in [0.5, 0.6) is 0 Å². The third-order valence-corrected chi connectivity index (χ3v) is 6.03. The molecule has 164 valence electrons. The molecule has 0 bridgehead atoms. The second-order valence-corrected chi connectivity index (χ2v) is 8.53. The van der Waals surface area contributed by atoms with Gasteiger partial charge in [-0.25, -0.2) is 0 Å². The van der Waals surface area contributed by atoms with Crippen molar-refractivity contribution in [2.24, 2.45) is 0 Å². The Bertz CT molecular complexity index is 937. The molecule has 7 heteroatoms. The smallest absolute Gasteiger partial charge is 0.255 e. The predicted octanol–water partition coefficient (Wildman–Crippen LogP) is 4.49. The van der Waals surface area contributed by atoms with Crippen LogP contribution in [0.2, 0.25) is 5.02 Å². The first kappa shape index (κ1) is 21.7. The van der Waals surface area contributed by atoms with Gasteiger partial charge in [-0.3, -0.25) is 9.59 Å². The number of benzene rings is 2. The molecule has 2 heterocycles. The van der Waals surface area contributed by atoms with Gasteiger partial charge in [-0.15, -0.1) is 0 Å². The number of carbonyl (C=O) groups excluding carboxylic acids is 2. The van der Waals surface area contributed by atoms with Gasteiger partial charge in [-0.2, -0.15) is 0 Å². The summed E-state index contributed by atoms with van der Waals surface area (Å²) in [4.78, 5) is 28.0. The molecule has 0 radical (unpaired) electrons. The molecule has 2 aromatic carbocycles. The summed E-state index contributed by atoms with van der Waals surface area (Å²) in [6, 6.07) is 12.3. The average molecular weight is 442 g/mol. The molecule has 2 aromatic rings. The molecule has 0 spiro atoms. The van der Waals surface area contributed by atoms with Crippen molar-refractivity contribution in [3.05, 3.63) is 58.6 Å². The lowest BCUT2D eigenvalue weighted by Crippen LogP contribution is -2.35. The van der Waals surface area contributed by atoms with Gasteiger partial charge in [-0.05, 0) is 68.5 Å². The molecular formula is C24H28ClN3O3.